The van der Waals surface area contributed by atoms with Gasteiger partial charge in [-0.15, -0.1) is 12.4 Å². The zero-order chi connectivity index (χ0) is 14.1. The van der Waals surface area contributed by atoms with Gasteiger partial charge in [-0.3, -0.25) is 4.79 Å². The van der Waals surface area contributed by atoms with E-state index < -0.39 is 0 Å². The summed E-state index contributed by atoms with van der Waals surface area (Å²) in [4.78, 5) is 12.3. The van der Waals surface area contributed by atoms with E-state index in [0.717, 1.165) is 31.0 Å². The molecule has 3 rings (SSSR count). The lowest BCUT2D eigenvalue weighted by Crippen LogP contribution is -2.50. The molecule has 1 heterocycles. The summed E-state index contributed by atoms with van der Waals surface area (Å²) in [5.41, 5.74) is 1.19. The van der Waals surface area contributed by atoms with Crippen LogP contribution in [-0.4, -0.2) is 25.0 Å². The molecule has 1 aliphatic carbocycles. The maximum Gasteiger partial charge on any atom is 0.224 e. The molecular formula is C16H22Cl2N2O. The topological polar surface area (TPSA) is 41.1 Å². The summed E-state index contributed by atoms with van der Waals surface area (Å²) < 4.78 is 0. The molecule has 2 N–H and O–H groups in total. The SMILES string of the molecule is CC1CCNCC1NC(=O)C1CC1c1cccc(Cl)c1.Cl. The van der Waals surface area contributed by atoms with Crippen LogP contribution >= 0.6 is 24.0 Å². The van der Waals surface area contributed by atoms with Gasteiger partial charge >= 0.3 is 0 Å². The third-order valence-electron chi connectivity index (χ3n) is 4.56. The van der Waals surface area contributed by atoms with Gasteiger partial charge in [-0.2, -0.15) is 0 Å². The molecule has 0 bridgehead atoms. The van der Waals surface area contributed by atoms with Gasteiger partial charge in [0.05, 0.1) is 0 Å². The Balaban J connectivity index is 0.00000161. The van der Waals surface area contributed by atoms with E-state index in [1.165, 1.54) is 5.56 Å². The molecule has 4 unspecified atom stereocenters. The summed E-state index contributed by atoms with van der Waals surface area (Å²) in [6, 6.07) is 8.14. The Hall–Kier alpha value is -0.770. The molecular weight excluding hydrogens is 307 g/mol. The summed E-state index contributed by atoms with van der Waals surface area (Å²) in [5.74, 6) is 1.24. The third kappa shape index (κ3) is 3.91. The van der Waals surface area contributed by atoms with Crippen LogP contribution in [0.25, 0.3) is 0 Å². The summed E-state index contributed by atoms with van der Waals surface area (Å²) >= 11 is 6.01. The molecule has 5 heteroatoms. The monoisotopic (exact) mass is 328 g/mol. The van der Waals surface area contributed by atoms with Crippen molar-refractivity contribution in [3.8, 4) is 0 Å². The molecule has 4 atom stereocenters. The van der Waals surface area contributed by atoms with Crippen molar-refractivity contribution in [3.63, 3.8) is 0 Å². The van der Waals surface area contributed by atoms with E-state index in [4.69, 9.17) is 11.6 Å². The summed E-state index contributed by atoms with van der Waals surface area (Å²) in [5, 5.41) is 7.31. The number of hydrogen-bond acceptors (Lipinski definition) is 2. The second kappa shape index (κ2) is 6.99. The molecule has 2 aliphatic rings. The average molecular weight is 329 g/mol. The van der Waals surface area contributed by atoms with E-state index in [-0.39, 0.29) is 30.3 Å². The lowest BCUT2D eigenvalue weighted by Gasteiger charge is -2.30. The van der Waals surface area contributed by atoms with Crippen molar-refractivity contribution in [1.82, 2.24) is 10.6 Å². The van der Waals surface area contributed by atoms with Crippen LogP contribution in [0.3, 0.4) is 0 Å². The quantitative estimate of drug-likeness (QED) is 0.895. The fraction of sp³-hybridized carbons (Fsp3) is 0.562. The predicted octanol–water partition coefficient (Wildman–Crippen LogP) is 2.98. The first-order valence-corrected chi connectivity index (χ1v) is 7.79. The zero-order valence-electron chi connectivity index (χ0n) is 12.1. The molecule has 116 valence electrons. The minimum absolute atomic E-state index is 0. The number of amides is 1. The standard InChI is InChI=1S/C16H21ClN2O.ClH/c1-10-5-6-18-9-15(10)19-16(20)14-8-13(14)11-3-2-4-12(17)7-11;/h2-4,7,10,13-15,18H,5-6,8-9H2,1H3,(H,19,20);1H. The van der Waals surface area contributed by atoms with Gasteiger partial charge in [0.15, 0.2) is 0 Å². The van der Waals surface area contributed by atoms with E-state index in [2.05, 4.69) is 23.6 Å². The van der Waals surface area contributed by atoms with Crippen LogP contribution in [0.15, 0.2) is 24.3 Å². The van der Waals surface area contributed by atoms with Crippen LogP contribution < -0.4 is 10.6 Å². The van der Waals surface area contributed by atoms with Crippen molar-refractivity contribution >= 4 is 29.9 Å². The van der Waals surface area contributed by atoms with Gasteiger partial charge < -0.3 is 10.6 Å². The van der Waals surface area contributed by atoms with Gasteiger partial charge in [-0.05, 0) is 48.9 Å². The van der Waals surface area contributed by atoms with Crippen molar-refractivity contribution in [2.45, 2.75) is 31.7 Å². The highest BCUT2D eigenvalue weighted by Crippen LogP contribution is 2.48. The minimum atomic E-state index is 0. The largest absolute Gasteiger partial charge is 0.352 e. The molecule has 0 spiro atoms. The Morgan fingerprint density at radius 1 is 1.43 bits per heavy atom. The molecule has 1 saturated carbocycles. The molecule has 1 aromatic rings. The third-order valence-corrected chi connectivity index (χ3v) is 4.79. The van der Waals surface area contributed by atoms with Gasteiger partial charge in [0, 0.05) is 23.5 Å². The molecule has 1 amide bonds. The van der Waals surface area contributed by atoms with E-state index in [9.17, 15) is 4.79 Å². The number of piperidine rings is 1. The predicted molar refractivity (Wildman–Crippen MR) is 88.1 cm³/mol. The van der Waals surface area contributed by atoms with E-state index in [0.29, 0.717) is 11.8 Å². The van der Waals surface area contributed by atoms with Crippen molar-refractivity contribution < 1.29 is 4.79 Å². The van der Waals surface area contributed by atoms with Crippen LogP contribution in [0.2, 0.25) is 5.02 Å². The van der Waals surface area contributed by atoms with Gasteiger partial charge in [0.25, 0.3) is 0 Å². The Kier molecular flexibility index (Phi) is 5.53. The number of carbonyl (C=O) groups excluding carboxylic acids is 1. The number of halogens is 2. The Bertz CT molecular complexity index is 509. The van der Waals surface area contributed by atoms with Gasteiger partial charge in [0.1, 0.15) is 0 Å². The van der Waals surface area contributed by atoms with Crippen LogP contribution in [0.5, 0.6) is 0 Å². The average Bonchev–Trinajstić information content (AvgIpc) is 3.22. The molecule has 1 aliphatic heterocycles. The van der Waals surface area contributed by atoms with E-state index in [1.54, 1.807) is 0 Å². The highest BCUT2D eigenvalue weighted by molar-refractivity contribution is 6.30. The van der Waals surface area contributed by atoms with Crippen molar-refractivity contribution in [2.24, 2.45) is 11.8 Å². The normalized spacial score (nSPS) is 31.1. The fourth-order valence-electron chi connectivity index (χ4n) is 3.06. The molecule has 3 nitrogen and oxygen atoms in total. The smallest absolute Gasteiger partial charge is 0.224 e. The Morgan fingerprint density at radius 2 is 2.24 bits per heavy atom. The molecule has 2 fully saturated rings. The van der Waals surface area contributed by atoms with Crippen molar-refractivity contribution in [3.05, 3.63) is 34.9 Å². The second-order valence-electron chi connectivity index (χ2n) is 6.09. The number of nitrogens with one attached hydrogen (secondary N) is 2. The highest BCUT2D eigenvalue weighted by Gasteiger charge is 2.44. The first-order valence-electron chi connectivity index (χ1n) is 7.41. The first kappa shape index (κ1) is 16.6. The van der Waals surface area contributed by atoms with Crippen LogP contribution in [0, 0.1) is 11.8 Å². The van der Waals surface area contributed by atoms with Gasteiger partial charge in [0.2, 0.25) is 5.91 Å². The number of hydrogen-bond donors (Lipinski definition) is 2. The fourth-order valence-corrected chi connectivity index (χ4v) is 3.26. The Morgan fingerprint density at radius 3 is 2.95 bits per heavy atom. The molecule has 0 radical (unpaired) electrons. The molecule has 21 heavy (non-hydrogen) atoms. The molecule has 1 saturated heterocycles. The molecule has 0 aromatic heterocycles. The Labute approximate surface area is 137 Å². The lowest BCUT2D eigenvalue weighted by atomic mass is 9.94. The molecule has 1 aromatic carbocycles. The zero-order valence-corrected chi connectivity index (χ0v) is 13.7. The number of benzene rings is 1. The minimum Gasteiger partial charge on any atom is -0.352 e. The second-order valence-corrected chi connectivity index (χ2v) is 6.53. The first-order chi connectivity index (χ1) is 9.65. The maximum atomic E-state index is 12.3. The number of rotatable bonds is 3. The van der Waals surface area contributed by atoms with Gasteiger partial charge in [-0.25, -0.2) is 0 Å². The summed E-state index contributed by atoms with van der Waals surface area (Å²) in [6.07, 6.45) is 2.08. The summed E-state index contributed by atoms with van der Waals surface area (Å²) in [7, 11) is 0. The van der Waals surface area contributed by atoms with E-state index in [1.807, 2.05) is 18.2 Å². The maximum absolute atomic E-state index is 12.3. The van der Waals surface area contributed by atoms with Gasteiger partial charge in [-0.1, -0.05) is 30.7 Å². The number of carbonyl (C=O) groups is 1. The highest BCUT2D eigenvalue weighted by atomic mass is 35.5. The van der Waals surface area contributed by atoms with Crippen LogP contribution in [-0.2, 0) is 4.79 Å². The van der Waals surface area contributed by atoms with Crippen molar-refractivity contribution in [1.29, 1.82) is 0 Å². The van der Waals surface area contributed by atoms with Crippen LogP contribution in [0.4, 0.5) is 0 Å². The van der Waals surface area contributed by atoms with E-state index >= 15 is 0 Å². The van der Waals surface area contributed by atoms with Crippen molar-refractivity contribution in [2.75, 3.05) is 13.1 Å². The summed E-state index contributed by atoms with van der Waals surface area (Å²) in [6.45, 7) is 4.16. The van der Waals surface area contributed by atoms with Crippen LogP contribution in [0.1, 0.15) is 31.2 Å². The lowest BCUT2D eigenvalue weighted by molar-refractivity contribution is -0.123.